The molecule has 2 nitrogen and oxygen atoms in total. The van der Waals surface area contributed by atoms with E-state index in [1.165, 1.54) is 36.8 Å². The zero-order chi connectivity index (χ0) is 15.6. The fourth-order valence-corrected chi connectivity index (χ4v) is 4.16. The van der Waals surface area contributed by atoms with E-state index in [2.05, 4.69) is 34.3 Å². The molecule has 118 valence electrons. The first-order chi connectivity index (χ1) is 11.3. The van der Waals surface area contributed by atoms with E-state index in [-0.39, 0.29) is 0 Å². The monoisotopic (exact) mass is 342 g/mol. The summed E-state index contributed by atoms with van der Waals surface area (Å²) in [4.78, 5) is 4.91. The fraction of sp³-hybridized carbons (Fsp3) is 0.316. The maximum atomic E-state index is 6.13. The van der Waals surface area contributed by atoms with Crippen LogP contribution in [0.5, 0.6) is 0 Å². The van der Waals surface area contributed by atoms with Gasteiger partial charge in [0.15, 0.2) is 0 Å². The summed E-state index contributed by atoms with van der Waals surface area (Å²) in [6.45, 7) is 0.876. The highest BCUT2D eigenvalue weighted by Gasteiger charge is 2.16. The molecule has 1 saturated carbocycles. The van der Waals surface area contributed by atoms with Gasteiger partial charge in [-0.1, -0.05) is 30.5 Å². The molecular weight excluding hydrogens is 324 g/mol. The van der Waals surface area contributed by atoms with Crippen LogP contribution in [-0.4, -0.2) is 11.0 Å². The Morgan fingerprint density at radius 3 is 2.83 bits per heavy atom. The summed E-state index contributed by atoms with van der Waals surface area (Å²) < 4.78 is 0. The number of pyridine rings is 1. The van der Waals surface area contributed by atoms with E-state index < -0.39 is 0 Å². The number of rotatable bonds is 4. The van der Waals surface area contributed by atoms with Gasteiger partial charge in [0.1, 0.15) is 0 Å². The molecule has 0 bridgehead atoms. The van der Waals surface area contributed by atoms with Gasteiger partial charge in [-0.2, -0.15) is 11.3 Å². The van der Waals surface area contributed by atoms with Gasteiger partial charge in [-0.25, -0.2) is 4.98 Å². The Kier molecular flexibility index (Phi) is 4.34. The average Bonchev–Trinajstić information content (AvgIpc) is 3.25. The zero-order valence-electron chi connectivity index (χ0n) is 12.9. The standard InChI is InChI=1S/C19H19ClN2S/c20-16-6-5-13-9-15(11-21-17-3-1-2-4-17)19(22-18(13)10-16)14-7-8-23-12-14/h5-10,12,17,21H,1-4,11H2. The van der Waals surface area contributed by atoms with E-state index in [0.717, 1.165) is 28.2 Å². The third-order valence-electron chi connectivity index (χ3n) is 4.59. The molecule has 0 amide bonds. The van der Waals surface area contributed by atoms with Crippen LogP contribution in [-0.2, 0) is 6.54 Å². The molecule has 0 saturated heterocycles. The lowest BCUT2D eigenvalue weighted by Crippen LogP contribution is -2.25. The predicted octanol–water partition coefficient (Wildman–Crippen LogP) is 5.65. The van der Waals surface area contributed by atoms with Gasteiger partial charge in [-0.3, -0.25) is 0 Å². The molecule has 0 aliphatic heterocycles. The second-order valence-electron chi connectivity index (χ2n) is 6.21. The lowest BCUT2D eigenvalue weighted by atomic mass is 10.0. The van der Waals surface area contributed by atoms with Crippen LogP contribution in [0.3, 0.4) is 0 Å². The van der Waals surface area contributed by atoms with Crippen LogP contribution in [0.25, 0.3) is 22.2 Å². The van der Waals surface area contributed by atoms with Crippen molar-refractivity contribution in [3.63, 3.8) is 0 Å². The SMILES string of the molecule is Clc1ccc2cc(CNC3CCCC3)c(-c3ccsc3)nc2c1. The van der Waals surface area contributed by atoms with Crippen LogP contribution >= 0.6 is 22.9 Å². The topological polar surface area (TPSA) is 24.9 Å². The van der Waals surface area contributed by atoms with E-state index in [9.17, 15) is 0 Å². The predicted molar refractivity (Wildman–Crippen MR) is 99.2 cm³/mol. The molecule has 0 atom stereocenters. The van der Waals surface area contributed by atoms with Crippen LogP contribution in [0.15, 0.2) is 41.1 Å². The summed E-state index contributed by atoms with van der Waals surface area (Å²) in [5, 5.41) is 9.87. The van der Waals surface area contributed by atoms with Crippen molar-refractivity contribution in [3.8, 4) is 11.3 Å². The smallest absolute Gasteiger partial charge is 0.0763 e. The van der Waals surface area contributed by atoms with Crippen molar-refractivity contribution in [1.82, 2.24) is 10.3 Å². The summed E-state index contributed by atoms with van der Waals surface area (Å²) in [7, 11) is 0. The van der Waals surface area contributed by atoms with Crippen LogP contribution in [0.1, 0.15) is 31.2 Å². The number of nitrogens with zero attached hydrogens (tertiary/aromatic N) is 1. The Balaban J connectivity index is 1.73. The third-order valence-corrected chi connectivity index (χ3v) is 5.51. The molecule has 1 N–H and O–H groups in total. The molecule has 2 aromatic heterocycles. The highest BCUT2D eigenvalue weighted by Crippen LogP contribution is 2.29. The van der Waals surface area contributed by atoms with Gasteiger partial charge in [0.05, 0.1) is 11.2 Å². The van der Waals surface area contributed by atoms with Crippen LogP contribution in [0, 0.1) is 0 Å². The number of benzene rings is 1. The minimum absolute atomic E-state index is 0.659. The quantitative estimate of drug-likeness (QED) is 0.662. The first-order valence-electron chi connectivity index (χ1n) is 8.15. The van der Waals surface area contributed by atoms with Crippen molar-refractivity contribution < 1.29 is 0 Å². The third kappa shape index (κ3) is 3.27. The highest BCUT2D eigenvalue weighted by molar-refractivity contribution is 7.08. The molecule has 1 fully saturated rings. The average molecular weight is 343 g/mol. The molecule has 3 aromatic rings. The molecule has 1 aliphatic carbocycles. The van der Waals surface area contributed by atoms with E-state index in [1.54, 1.807) is 11.3 Å². The molecule has 1 aliphatic rings. The summed E-state index contributed by atoms with van der Waals surface area (Å²) in [5.41, 5.74) is 4.50. The van der Waals surface area contributed by atoms with Crippen LogP contribution in [0.4, 0.5) is 0 Å². The van der Waals surface area contributed by atoms with Crippen molar-refractivity contribution in [3.05, 3.63) is 51.7 Å². The number of fused-ring (bicyclic) bond motifs is 1. The number of thiophene rings is 1. The van der Waals surface area contributed by atoms with Gasteiger partial charge in [-0.05, 0) is 48.1 Å². The fourth-order valence-electron chi connectivity index (χ4n) is 3.35. The minimum Gasteiger partial charge on any atom is -0.310 e. The first kappa shape index (κ1) is 15.1. The zero-order valence-corrected chi connectivity index (χ0v) is 14.5. The van der Waals surface area contributed by atoms with Gasteiger partial charge in [0.2, 0.25) is 0 Å². The Bertz CT molecular complexity index is 808. The second-order valence-corrected chi connectivity index (χ2v) is 7.42. The molecule has 4 rings (SSSR count). The Hall–Kier alpha value is -1.42. The van der Waals surface area contributed by atoms with E-state index in [1.807, 2.05) is 12.1 Å². The van der Waals surface area contributed by atoms with Gasteiger partial charge >= 0.3 is 0 Å². The number of hydrogen-bond donors (Lipinski definition) is 1. The van der Waals surface area contributed by atoms with Crippen LogP contribution in [0.2, 0.25) is 5.02 Å². The van der Waals surface area contributed by atoms with Crippen molar-refractivity contribution in [2.45, 2.75) is 38.3 Å². The Morgan fingerprint density at radius 2 is 2.04 bits per heavy atom. The summed E-state index contributed by atoms with van der Waals surface area (Å²) >= 11 is 7.84. The molecular formula is C19H19ClN2S. The highest BCUT2D eigenvalue weighted by atomic mass is 35.5. The maximum absolute atomic E-state index is 6.13. The summed E-state index contributed by atoms with van der Waals surface area (Å²) in [5.74, 6) is 0. The molecule has 2 heterocycles. The van der Waals surface area contributed by atoms with E-state index in [0.29, 0.717) is 6.04 Å². The minimum atomic E-state index is 0.659. The maximum Gasteiger partial charge on any atom is 0.0763 e. The van der Waals surface area contributed by atoms with Crippen molar-refractivity contribution in [1.29, 1.82) is 0 Å². The van der Waals surface area contributed by atoms with Crippen molar-refractivity contribution >= 4 is 33.8 Å². The molecule has 1 aromatic carbocycles. The normalized spacial score (nSPS) is 15.5. The van der Waals surface area contributed by atoms with E-state index >= 15 is 0 Å². The van der Waals surface area contributed by atoms with Crippen molar-refractivity contribution in [2.75, 3.05) is 0 Å². The summed E-state index contributed by atoms with van der Waals surface area (Å²) in [6.07, 6.45) is 5.29. The molecule has 0 spiro atoms. The lowest BCUT2D eigenvalue weighted by molar-refractivity contribution is 0.524. The molecule has 4 heteroatoms. The number of aromatic nitrogens is 1. The van der Waals surface area contributed by atoms with Gasteiger partial charge in [-0.15, -0.1) is 0 Å². The van der Waals surface area contributed by atoms with Gasteiger partial charge in [0.25, 0.3) is 0 Å². The molecule has 0 unspecified atom stereocenters. The molecule has 23 heavy (non-hydrogen) atoms. The largest absolute Gasteiger partial charge is 0.310 e. The van der Waals surface area contributed by atoms with Crippen molar-refractivity contribution in [2.24, 2.45) is 0 Å². The van der Waals surface area contributed by atoms with E-state index in [4.69, 9.17) is 16.6 Å². The number of halogens is 1. The Morgan fingerprint density at radius 1 is 1.17 bits per heavy atom. The van der Waals surface area contributed by atoms with Gasteiger partial charge in [0, 0.05) is 33.9 Å². The number of hydrogen-bond acceptors (Lipinski definition) is 3. The molecule has 0 radical (unpaired) electrons. The first-order valence-corrected chi connectivity index (χ1v) is 9.47. The van der Waals surface area contributed by atoms with Crippen LogP contribution < -0.4 is 5.32 Å². The Labute approximate surface area is 145 Å². The summed E-state index contributed by atoms with van der Waals surface area (Å²) in [6, 6.07) is 11.0. The lowest BCUT2D eigenvalue weighted by Gasteiger charge is -2.15. The number of nitrogens with one attached hydrogen (secondary N) is 1. The second kappa shape index (κ2) is 6.60. The van der Waals surface area contributed by atoms with Gasteiger partial charge < -0.3 is 5.32 Å².